The lowest BCUT2D eigenvalue weighted by Crippen LogP contribution is -2.36. The molecule has 0 aromatic carbocycles. The number of carbonyl (C=O) groups excluding carboxylic acids is 1. The molecule has 2 aromatic rings. The van der Waals surface area contributed by atoms with Crippen LogP contribution in [0.3, 0.4) is 0 Å². The lowest BCUT2D eigenvalue weighted by molar-refractivity contribution is -0.120. The summed E-state index contributed by atoms with van der Waals surface area (Å²) in [7, 11) is 4.32. The third-order valence-electron chi connectivity index (χ3n) is 6.35. The Morgan fingerprint density at radius 1 is 1.25 bits per heavy atom. The molecule has 28 heavy (non-hydrogen) atoms. The van der Waals surface area contributed by atoms with Crippen LogP contribution >= 0.6 is 11.3 Å². The van der Waals surface area contributed by atoms with Crippen molar-refractivity contribution in [1.29, 1.82) is 0 Å². The zero-order valence-electron chi connectivity index (χ0n) is 16.8. The Labute approximate surface area is 170 Å². The van der Waals surface area contributed by atoms with Gasteiger partial charge in [-0.3, -0.25) is 4.79 Å². The van der Waals surface area contributed by atoms with Gasteiger partial charge in [-0.05, 0) is 64.6 Å². The zero-order chi connectivity index (χ0) is 19.7. The van der Waals surface area contributed by atoms with E-state index < -0.39 is 0 Å². The number of nitrogens with zero attached hydrogens (tertiary/aromatic N) is 3. The Hall–Kier alpha value is -1.57. The molecule has 0 saturated heterocycles. The van der Waals surface area contributed by atoms with Gasteiger partial charge in [-0.15, -0.1) is 11.3 Å². The van der Waals surface area contributed by atoms with Crippen molar-refractivity contribution in [3.8, 4) is 0 Å². The summed E-state index contributed by atoms with van der Waals surface area (Å²) in [6.45, 7) is 0.0707. The average molecular weight is 403 g/mol. The predicted octanol–water partition coefficient (Wildman–Crippen LogP) is 3.35. The van der Waals surface area contributed by atoms with Crippen LogP contribution in [0.4, 0.5) is 5.82 Å². The molecule has 6 nitrogen and oxygen atoms in total. The van der Waals surface area contributed by atoms with E-state index in [1.807, 2.05) is 0 Å². The van der Waals surface area contributed by atoms with Crippen molar-refractivity contribution in [3.63, 3.8) is 0 Å². The normalized spacial score (nSPS) is 24.6. The maximum Gasteiger partial charge on any atom is 0.140 e. The number of aryl methyl sites for hydroxylation is 1. The highest BCUT2D eigenvalue weighted by Gasteiger charge is 2.34. The second kappa shape index (κ2) is 8.43. The zero-order valence-corrected chi connectivity index (χ0v) is 17.6. The van der Waals surface area contributed by atoms with Crippen LogP contribution < -0.4 is 5.32 Å². The van der Waals surface area contributed by atoms with Crippen LogP contribution in [0, 0.1) is 0 Å². The Morgan fingerprint density at radius 2 is 2.04 bits per heavy atom. The number of thiophene rings is 1. The van der Waals surface area contributed by atoms with Crippen LogP contribution in [0.15, 0.2) is 6.33 Å². The number of hydrogen-bond donors (Lipinski definition) is 2. The molecule has 4 rings (SSSR count). The molecule has 0 amide bonds. The highest BCUT2D eigenvalue weighted by atomic mass is 32.1. The first-order chi connectivity index (χ1) is 13.6. The van der Waals surface area contributed by atoms with Crippen LogP contribution in [0.1, 0.15) is 61.3 Å². The van der Waals surface area contributed by atoms with E-state index >= 15 is 0 Å². The number of carbonyl (C=O) groups is 1. The number of anilines is 1. The Kier molecular flexibility index (Phi) is 5.94. The van der Waals surface area contributed by atoms with Crippen LogP contribution in [-0.4, -0.2) is 58.5 Å². The molecule has 1 fully saturated rings. The minimum absolute atomic E-state index is 0.0636. The lowest BCUT2D eigenvalue weighted by atomic mass is 9.90. The minimum Gasteiger partial charge on any atom is -0.396 e. The van der Waals surface area contributed by atoms with E-state index in [1.165, 1.54) is 17.7 Å². The Balaban J connectivity index is 1.58. The molecule has 2 aliphatic carbocycles. The van der Waals surface area contributed by atoms with E-state index in [4.69, 9.17) is 5.11 Å². The number of Topliss-reactive ketones (excluding diaryl/α,β-unsaturated/α-hetero) is 1. The second-order valence-corrected chi connectivity index (χ2v) is 9.42. The molecule has 1 unspecified atom stereocenters. The standard InChI is InChI=1S/C21H30N4O2S/c1-25(2)14-7-5-13(6-8-14)24-20-19-18-15(16(27)4-3-11-26)9-10-17(18)28-21(19)23-12-22-20/h12-15,26H,3-11H2,1-2H3,(H,22,23,24). The van der Waals surface area contributed by atoms with Gasteiger partial charge in [0.15, 0.2) is 0 Å². The number of rotatable bonds is 7. The molecule has 152 valence electrons. The molecule has 1 saturated carbocycles. The molecular weight excluding hydrogens is 372 g/mol. The highest BCUT2D eigenvalue weighted by Crippen LogP contribution is 2.46. The summed E-state index contributed by atoms with van der Waals surface area (Å²) in [5, 5.41) is 13.8. The smallest absolute Gasteiger partial charge is 0.140 e. The van der Waals surface area contributed by atoms with Gasteiger partial charge >= 0.3 is 0 Å². The first-order valence-corrected chi connectivity index (χ1v) is 11.2. The van der Waals surface area contributed by atoms with Crippen molar-refractivity contribution in [2.75, 3.05) is 26.0 Å². The summed E-state index contributed by atoms with van der Waals surface area (Å²) in [5.74, 6) is 1.08. The fourth-order valence-electron chi connectivity index (χ4n) is 4.76. The quantitative estimate of drug-likeness (QED) is 0.739. The monoisotopic (exact) mass is 402 g/mol. The van der Waals surface area contributed by atoms with E-state index in [-0.39, 0.29) is 18.3 Å². The number of nitrogens with one attached hydrogen (secondary N) is 1. The molecule has 2 aliphatic rings. The molecule has 0 aliphatic heterocycles. The van der Waals surface area contributed by atoms with Crippen LogP contribution in [-0.2, 0) is 11.2 Å². The maximum absolute atomic E-state index is 12.7. The third-order valence-corrected chi connectivity index (χ3v) is 7.52. The SMILES string of the molecule is CN(C)C1CCC(Nc2ncnc3sc4c(c23)C(C(=O)CCCO)CC4)CC1. The van der Waals surface area contributed by atoms with Gasteiger partial charge in [0, 0.05) is 35.9 Å². The van der Waals surface area contributed by atoms with E-state index in [1.54, 1.807) is 17.7 Å². The van der Waals surface area contributed by atoms with Gasteiger partial charge in [0.1, 0.15) is 22.8 Å². The predicted molar refractivity (Wildman–Crippen MR) is 113 cm³/mol. The third kappa shape index (κ3) is 3.80. The summed E-state index contributed by atoms with van der Waals surface area (Å²) >= 11 is 1.71. The van der Waals surface area contributed by atoms with Crippen LogP contribution in [0.5, 0.6) is 0 Å². The molecule has 1 atom stereocenters. The number of fused-ring (bicyclic) bond motifs is 3. The fourth-order valence-corrected chi connectivity index (χ4v) is 5.98. The number of aromatic nitrogens is 2. The number of hydrogen-bond acceptors (Lipinski definition) is 7. The van der Waals surface area contributed by atoms with E-state index in [0.29, 0.717) is 24.9 Å². The molecule has 0 radical (unpaired) electrons. The van der Waals surface area contributed by atoms with Crippen molar-refractivity contribution in [1.82, 2.24) is 14.9 Å². The molecule has 0 bridgehead atoms. The van der Waals surface area contributed by atoms with Gasteiger partial charge in [0.25, 0.3) is 0 Å². The second-order valence-electron chi connectivity index (χ2n) is 8.34. The summed E-state index contributed by atoms with van der Waals surface area (Å²) in [5.41, 5.74) is 1.16. The van der Waals surface area contributed by atoms with Gasteiger partial charge in [-0.1, -0.05) is 0 Å². The van der Waals surface area contributed by atoms with Gasteiger partial charge in [0.2, 0.25) is 0 Å². The van der Waals surface area contributed by atoms with Gasteiger partial charge in [0.05, 0.1) is 5.39 Å². The summed E-state index contributed by atoms with van der Waals surface area (Å²) < 4.78 is 0. The van der Waals surface area contributed by atoms with Crippen molar-refractivity contribution in [3.05, 3.63) is 16.8 Å². The molecule has 7 heteroatoms. The molecule has 2 N–H and O–H groups in total. The Bertz CT molecular complexity index is 842. The van der Waals surface area contributed by atoms with Crippen LogP contribution in [0.2, 0.25) is 0 Å². The van der Waals surface area contributed by atoms with Gasteiger partial charge < -0.3 is 15.3 Å². The molecule has 0 spiro atoms. The Morgan fingerprint density at radius 3 is 2.75 bits per heavy atom. The van der Waals surface area contributed by atoms with Crippen molar-refractivity contribution in [2.24, 2.45) is 0 Å². The summed E-state index contributed by atoms with van der Waals surface area (Å²) in [6.07, 6.45) is 9.13. The molecule has 2 aromatic heterocycles. The topological polar surface area (TPSA) is 78.3 Å². The summed E-state index contributed by atoms with van der Waals surface area (Å²) in [6, 6.07) is 1.09. The van der Waals surface area contributed by atoms with Gasteiger partial charge in [-0.25, -0.2) is 9.97 Å². The maximum atomic E-state index is 12.7. The van der Waals surface area contributed by atoms with Crippen LogP contribution in [0.25, 0.3) is 10.2 Å². The average Bonchev–Trinajstić information content (AvgIpc) is 3.26. The van der Waals surface area contributed by atoms with E-state index in [0.717, 1.165) is 47.3 Å². The lowest BCUT2D eigenvalue weighted by Gasteiger charge is -2.33. The number of aliphatic hydroxyl groups excluding tert-OH is 1. The van der Waals surface area contributed by atoms with Gasteiger partial charge in [-0.2, -0.15) is 0 Å². The van der Waals surface area contributed by atoms with Crippen molar-refractivity contribution < 1.29 is 9.90 Å². The van der Waals surface area contributed by atoms with E-state index in [9.17, 15) is 4.79 Å². The first kappa shape index (κ1) is 19.7. The van der Waals surface area contributed by atoms with E-state index in [2.05, 4.69) is 34.3 Å². The summed E-state index contributed by atoms with van der Waals surface area (Å²) in [4.78, 5) is 26.4. The fraction of sp³-hybridized carbons (Fsp3) is 0.667. The minimum atomic E-state index is -0.0636. The number of aliphatic hydroxyl groups is 1. The largest absolute Gasteiger partial charge is 0.396 e. The van der Waals surface area contributed by atoms with Crippen molar-refractivity contribution >= 4 is 33.2 Å². The van der Waals surface area contributed by atoms with Crippen molar-refractivity contribution in [2.45, 2.75) is 69.4 Å². The highest BCUT2D eigenvalue weighted by molar-refractivity contribution is 7.19. The number of ketones is 1. The first-order valence-electron chi connectivity index (χ1n) is 10.4. The molecule has 2 heterocycles. The molecular formula is C21H30N4O2S.